The maximum atomic E-state index is 11.1. The fourth-order valence-electron chi connectivity index (χ4n) is 0.960. The van der Waals surface area contributed by atoms with Gasteiger partial charge >= 0.3 is 5.97 Å². The number of aromatic amines is 1. The molecule has 8 nitrogen and oxygen atoms in total. The molecule has 0 aromatic carbocycles. The Balaban J connectivity index is 0.00000196. The van der Waals surface area contributed by atoms with Gasteiger partial charge in [0.1, 0.15) is 0 Å². The van der Waals surface area contributed by atoms with Crippen LogP contribution < -0.4 is 11.3 Å². The van der Waals surface area contributed by atoms with Gasteiger partial charge in [0.2, 0.25) is 11.8 Å². The monoisotopic (exact) mass is 217 g/mol. The lowest BCUT2D eigenvalue weighted by molar-refractivity contribution is -0.136. The molecule has 0 amide bonds. The summed E-state index contributed by atoms with van der Waals surface area (Å²) in [6.07, 6.45) is -0.327. The van der Waals surface area contributed by atoms with E-state index in [1.807, 2.05) is 0 Å². The van der Waals surface area contributed by atoms with Crippen LogP contribution in [0.15, 0.2) is 4.79 Å². The molecule has 0 aliphatic heterocycles. The third-order valence-electron chi connectivity index (χ3n) is 1.60. The Hall–Kier alpha value is -2.09. The summed E-state index contributed by atoms with van der Waals surface area (Å²) in [5, 5.41) is 17.6. The highest BCUT2D eigenvalue weighted by Gasteiger charge is 2.10. The lowest BCUT2D eigenvalue weighted by Crippen LogP contribution is -2.17. The van der Waals surface area contributed by atoms with Gasteiger partial charge in [0.25, 0.3) is 5.56 Å². The highest BCUT2D eigenvalue weighted by atomic mass is 16.4. The number of aromatic hydroxyl groups is 1. The molecule has 0 bridgehead atoms. The average molecular weight is 217 g/mol. The van der Waals surface area contributed by atoms with Crippen molar-refractivity contribution in [2.75, 3.05) is 5.73 Å². The molecule has 8 heteroatoms. The standard InChI is InChI=1S/C7H9N3O4.H2O/c8-7-9-5(13)3(6(14)10-7)1-2-4(11)12;/h1-2H2,(H,11,12)(H4,8,9,10,13,14);1H2. The second kappa shape index (κ2) is 4.96. The molecule has 0 saturated carbocycles. The van der Waals surface area contributed by atoms with Crippen molar-refractivity contribution in [3.8, 4) is 5.88 Å². The van der Waals surface area contributed by atoms with E-state index in [9.17, 15) is 14.7 Å². The van der Waals surface area contributed by atoms with Crippen LogP contribution in [0.1, 0.15) is 12.0 Å². The van der Waals surface area contributed by atoms with Crippen molar-refractivity contribution in [3.63, 3.8) is 0 Å². The molecule has 0 spiro atoms. The van der Waals surface area contributed by atoms with Crippen molar-refractivity contribution in [2.45, 2.75) is 12.8 Å². The molecule has 1 aromatic heterocycles. The fourth-order valence-corrected chi connectivity index (χ4v) is 0.960. The number of aliphatic carboxylic acids is 1. The summed E-state index contributed by atoms with van der Waals surface area (Å²) in [6, 6.07) is 0. The normalized spacial score (nSPS) is 9.33. The summed E-state index contributed by atoms with van der Waals surface area (Å²) in [4.78, 5) is 26.9. The van der Waals surface area contributed by atoms with Gasteiger partial charge in [-0.25, -0.2) is 0 Å². The number of hydrogen-bond acceptors (Lipinski definition) is 5. The van der Waals surface area contributed by atoms with Crippen LogP contribution in [0.5, 0.6) is 5.88 Å². The van der Waals surface area contributed by atoms with Crippen molar-refractivity contribution >= 4 is 11.9 Å². The largest absolute Gasteiger partial charge is 0.493 e. The van der Waals surface area contributed by atoms with Crippen LogP contribution in [0.3, 0.4) is 0 Å². The summed E-state index contributed by atoms with van der Waals surface area (Å²) in [7, 11) is 0. The minimum absolute atomic E-state index is 0. The van der Waals surface area contributed by atoms with Crippen LogP contribution in [0.4, 0.5) is 5.95 Å². The number of nitrogens with one attached hydrogen (secondary N) is 1. The Bertz CT molecular complexity index is 414. The zero-order valence-electron chi connectivity index (χ0n) is 7.65. The molecule has 1 rings (SSSR count). The molecule has 1 heterocycles. The van der Waals surface area contributed by atoms with Crippen molar-refractivity contribution in [2.24, 2.45) is 0 Å². The zero-order valence-corrected chi connectivity index (χ0v) is 7.65. The van der Waals surface area contributed by atoms with Gasteiger partial charge < -0.3 is 21.4 Å². The molecular formula is C7H11N3O5. The molecule has 0 aliphatic rings. The lowest BCUT2D eigenvalue weighted by Gasteiger charge is -2.01. The van der Waals surface area contributed by atoms with Gasteiger partial charge in [0.15, 0.2) is 0 Å². The van der Waals surface area contributed by atoms with Crippen LogP contribution >= 0.6 is 0 Å². The first-order valence-corrected chi connectivity index (χ1v) is 3.80. The van der Waals surface area contributed by atoms with Crippen molar-refractivity contribution in [3.05, 3.63) is 15.9 Å². The van der Waals surface area contributed by atoms with E-state index in [0.717, 1.165) is 0 Å². The smallest absolute Gasteiger partial charge is 0.303 e. The molecule has 15 heavy (non-hydrogen) atoms. The van der Waals surface area contributed by atoms with Gasteiger partial charge in [-0.05, 0) is 6.42 Å². The summed E-state index contributed by atoms with van der Waals surface area (Å²) < 4.78 is 0. The Morgan fingerprint density at radius 3 is 2.60 bits per heavy atom. The van der Waals surface area contributed by atoms with E-state index in [2.05, 4.69) is 9.97 Å². The first kappa shape index (κ1) is 12.9. The molecule has 0 fully saturated rings. The third-order valence-corrected chi connectivity index (χ3v) is 1.60. The summed E-state index contributed by atoms with van der Waals surface area (Å²) in [6.45, 7) is 0. The second-order valence-corrected chi connectivity index (χ2v) is 2.65. The van der Waals surface area contributed by atoms with Gasteiger partial charge in [-0.15, -0.1) is 0 Å². The van der Waals surface area contributed by atoms with Crippen molar-refractivity contribution < 1.29 is 20.5 Å². The number of nitrogens with two attached hydrogens (primary N) is 1. The molecule has 84 valence electrons. The molecule has 0 radical (unpaired) electrons. The number of anilines is 1. The van der Waals surface area contributed by atoms with E-state index in [4.69, 9.17) is 10.8 Å². The topological polar surface area (TPSA) is 161 Å². The molecule has 1 aromatic rings. The number of nitrogens with zero attached hydrogens (tertiary/aromatic N) is 1. The maximum Gasteiger partial charge on any atom is 0.303 e. The molecule has 0 unspecified atom stereocenters. The van der Waals surface area contributed by atoms with Crippen LogP contribution in [0.25, 0.3) is 0 Å². The Labute approximate surface area is 83.7 Å². The van der Waals surface area contributed by atoms with Gasteiger partial charge in [-0.2, -0.15) is 4.98 Å². The lowest BCUT2D eigenvalue weighted by atomic mass is 10.2. The molecule has 0 saturated heterocycles. The SMILES string of the molecule is Nc1nc(O)c(CCC(=O)O)c(=O)[nH]1.O. The Morgan fingerprint density at radius 2 is 2.13 bits per heavy atom. The summed E-state index contributed by atoms with van der Waals surface area (Å²) in [5.74, 6) is -1.78. The van der Waals surface area contributed by atoms with Gasteiger partial charge in [0.05, 0.1) is 5.56 Å². The fraction of sp³-hybridized carbons (Fsp3) is 0.286. The minimum Gasteiger partial charge on any atom is -0.493 e. The van der Waals surface area contributed by atoms with E-state index in [1.165, 1.54) is 0 Å². The minimum atomic E-state index is -1.05. The number of nitrogen functional groups attached to an aromatic ring is 1. The number of carboxylic acid groups (broad SMARTS) is 1. The van der Waals surface area contributed by atoms with Gasteiger partial charge in [0, 0.05) is 6.42 Å². The summed E-state index contributed by atoms with van der Waals surface area (Å²) >= 11 is 0. The molecular weight excluding hydrogens is 206 g/mol. The van der Waals surface area contributed by atoms with Crippen molar-refractivity contribution in [1.82, 2.24) is 9.97 Å². The van der Waals surface area contributed by atoms with E-state index >= 15 is 0 Å². The van der Waals surface area contributed by atoms with E-state index < -0.39 is 17.4 Å². The third kappa shape index (κ3) is 3.27. The first-order valence-electron chi connectivity index (χ1n) is 3.80. The highest BCUT2D eigenvalue weighted by Crippen LogP contribution is 2.10. The van der Waals surface area contributed by atoms with Crippen LogP contribution in [0, 0.1) is 0 Å². The zero-order chi connectivity index (χ0) is 10.7. The van der Waals surface area contributed by atoms with Crippen LogP contribution in [-0.2, 0) is 11.2 Å². The Morgan fingerprint density at radius 1 is 1.53 bits per heavy atom. The molecule has 0 atom stereocenters. The van der Waals surface area contributed by atoms with Crippen molar-refractivity contribution in [1.29, 1.82) is 0 Å². The van der Waals surface area contributed by atoms with E-state index in [1.54, 1.807) is 0 Å². The predicted molar refractivity (Wildman–Crippen MR) is 50.5 cm³/mol. The number of aromatic nitrogens is 2. The Kier molecular flexibility index (Phi) is 4.27. The summed E-state index contributed by atoms with van der Waals surface area (Å²) in [5.41, 5.74) is 4.46. The molecule has 7 N–H and O–H groups in total. The number of rotatable bonds is 3. The van der Waals surface area contributed by atoms with E-state index in [-0.39, 0.29) is 29.8 Å². The maximum absolute atomic E-state index is 11.1. The average Bonchev–Trinajstić information content (AvgIpc) is 2.01. The molecule has 0 aliphatic carbocycles. The predicted octanol–water partition coefficient (Wildman–Crippen LogP) is -1.75. The number of carbonyl (C=O) groups is 1. The highest BCUT2D eigenvalue weighted by molar-refractivity contribution is 5.67. The number of carboxylic acids is 1. The first-order chi connectivity index (χ1) is 6.50. The number of hydrogen-bond donors (Lipinski definition) is 4. The quantitative estimate of drug-likeness (QED) is 0.469. The van der Waals surface area contributed by atoms with Gasteiger partial charge in [-0.3, -0.25) is 14.6 Å². The van der Waals surface area contributed by atoms with Crippen LogP contribution in [0.2, 0.25) is 0 Å². The van der Waals surface area contributed by atoms with Crippen LogP contribution in [-0.4, -0.2) is 31.6 Å². The van der Waals surface area contributed by atoms with Gasteiger partial charge in [-0.1, -0.05) is 0 Å². The van der Waals surface area contributed by atoms with E-state index in [0.29, 0.717) is 0 Å². The second-order valence-electron chi connectivity index (χ2n) is 2.65. The number of H-pyrrole nitrogens is 1.